The Morgan fingerprint density at radius 2 is 2.16 bits per heavy atom. The molecule has 0 spiro atoms. The van der Waals surface area contributed by atoms with Crippen molar-refractivity contribution in [3.05, 3.63) is 40.7 Å². The van der Waals surface area contributed by atoms with Gasteiger partial charge >= 0.3 is 0 Å². The number of pyridine rings is 1. The normalized spacial score (nSPS) is 13.2. The highest BCUT2D eigenvalue weighted by atomic mass is 32.2. The first kappa shape index (κ1) is 14.0. The Kier molecular flexibility index (Phi) is 4.18. The van der Waals surface area contributed by atoms with Crippen LogP contribution in [-0.4, -0.2) is 20.4 Å². The maximum absolute atomic E-state index is 12.2. The van der Waals surface area contributed by atoms with Gasteiger partial charge in [-0.15, -0.1) is 11.3 Å². The highest BCUT2D eigenvalue weighted by Gasteiger charge is 2.19. The van der Waals surface area contributed by atoms with Gasteiger partial charge in [0.1, 0.15) is 5.82 Å². The van der Waals surface area contributed by atoms with Crippen molar-refractivity contribution >= 4 is 27.2 Å². The number of aromatic nitrogens is 1. The second-order valence-electron chi connectivity index (χ2n) is 3.99. The predicted octanol–water partition coefficient (Wildman–Crippen LogP) is 2.22. The number of nitrogens with zero attached hydrogens (tertiary/aromatic N) is 1. The van der Waals surface area contributed by atoms with E-state index in [1.807, 2.05) is 24.4 Å². The Hall–Kier alpha value is -1.44. The van der Waals surface area contributed by atoms with Gasteiger partial charge in [0.05, 0.1) is 10.9 Å². The van der Waals surface area contributed by atoms with Gasteiger partial charge in [0.2, 0.25) is 10.0 Å². The van der Waals surface area contributed by atoms with E-state index in [-0.39, 0.29) is 10.9 Å². The lowest BCUT2D eigenvalue weighted by Crippen LogP contribution is -2.26. The standard InChI is InChI=1S/C12H15N3O2S2/c1-9(11-4-3-7-18-11)15-19(16,17)10-5-6-14-12(8-10)13-2/h3-9,15H,1-2H3,(H,13,14). The zero-order valence-corrected chi connectivity index (χ0v) is 12.3. The lowest BCUT2D eigenvalue weighted by atomic mass is 10.3. The largest absolute Gasteiger partial charge is 0.373 e. The summed E-state index contributed by atoms with van der Waals surface area (Å²) >= 11 is 1.52. The molecule has 0 aliphatic rings. The van der Waals surface area contributed by atoms with Crippen LogP contribution in [0.5, 0.6) is 0 Å². The van der Waals surface area contributed by atoms with Gasteiger partial charge in [-0.1, -0.05) is 6.07 Å². The fourth-order valence-corrected chi connectivity index (χ4v) is 3.66. The summed E-state index contributed by atoms with van der Waals surface area (Å²) in [6.07, 6.45) is 1.47. The maximum Gasteiger partial charge on any atom is 0.241 e. The van der Waals surface area contributed by atoms with E-state index in [1.165, 1.54) is 29.7 Å². The number of rotatable bonds is 5. The van der Waals surface area contributed by atoms with Crippen molar-refractivity contribution in [2.75, 3.05) is 12.4 Å². The Balaban J connectivity index is 2.22. The molecule has 5 nitrogen and oxygen atoms in total. The van der Waals surface area contributed by atoms with Crippen molar-refractivity contribution in [3.8, 4) is 0 Å². The average molecular weight is 297 g/mol. The van der Waals surface area contributed by atoms with Crippen LogP contribution in [0.4, 0.5) is 5.82 Å². The van der Waals surface area contributed by atoms with E-state index in [2.05, 4.69) is 15.0 Å². The Labute approximate surface area is 116 Å². The minimum absolute atomic E-state index is 0.204. The van der Waals surface area contributed by atoms with Gasteiger partial charge < -0.3 is 5.32 Å². The molecule has 0 aliphatic carbocycles. The first-order valence-electron chi connectivity index (χ1n) is 5.72. The first-order valence-corrected chi connectivity index (χ1v) is 8.09. The van der Waals surface area contributed by atoms with Crippen molar-refractivity contribution in [3.63, 3.8) is 0 Å². The number of anilines is 1. The molecule has 0 saturated heterocycles. The number of hydrogen-bond donors (Lipinski definition) is 2. The number of hydrogen-bond acceptors (Lipinski definition) is 5. The third-order valence-electron chi connectivity index (χ3n) is 2.60. The van der Waals surface area contributed by atoms with Gasteiger partial charge in [-0.3, -0.25) is 0 Å². The molecule has 0 aliphatic heterocycles. The van der Waals surface area contributed by atoms with E-state index < -0.39 is 10.0 Å². The molecule has 2 heterocycles. The van der Waals surface area contributed by atoms with Gasteiger partial charge in [0.25, 0.3) is 0 Å². The molecular formula is C12H15N3O2S2. The lowest BCUT2D eigenvalue weighted by molar-refractivity contribution is 0.568. The van der Waals surface area contributed by atoms with Gasteiger partial charge in [0, 0.05) is 24.2 Å². The van der Waals surface area contributed by atoms with E-state index in [9.17, 15) is 8.42 Å². The summed E-state index contributed by atoms with van der Waals surface area (Å²) in [5.74, 6) is 0.520. The van der Waals surface area contributed by atoms with Crippen LogP contribution in [-0.2, 0) is 10.0 Å². The molecule has 1 unspecified atom stereocenters. The molecule has 102 valence electrons. The smallest absolute Gasteiger partial charge is 0.241 e. The van der Waals surface area contributed by atoms with Gasteiger partial charge in [-0.2, -0.15) is 0 Å². The van der Waals surface area contributed by atoms with Gasteiger partial charge in [-0.25, -0.2) is 18.1 Å². The summed E-state index contributed by atoms with van der Waals surface area (Å²) in [5, 5.41) is 4.74. The zero-order valence-electron chi connectivity index (χ0n) is 10.6. The highest BCUT2D eigenvalue weighted by molar-refractivity contribution is 7.89. The van der Waals surface area contributed by atoms with Crippen molar-refractivity contribution in [2.24, 2.45) is 0 Å². The summed E-state index contributed by atoms with van der Waals surface area (Å²) in [6.45, 7) is 1.82. The first-order chi connectivity index (χ1) is 9.03. The average Bonchev–Trinajstić information content (AvgIpc) is 2.92. The maximum atomic E-state index is 12.2. The predicted molar refractivity (Wildman–Crippen MR) is 76.8 cm³/mol. The SMILES string of the molecule is CNc1cc(S(=O)(=O)NC(C)c2cccs2)ccn1. The van der Waals surface area contributed by atoms with E-state index in [0.717, 1.165) is 4.88 Å². The molecule has 2 aromatic heterocycles. The summed E-state index contributed by atoms with van der Waals surface area (Å²) in [4.78, 5) is 5.18. The van der Waals surface area contributed by atoms with E-state index in [0.29, 0.717) is 5.82 Å². The van der Waals surface area contributed by atoms with Crippen molar-refractivity contribution in [2.45, 2.75) is 17.9 Å². The van der Waals surface area contributed by atoms with E-state index in [1.54, 1.807) is 7.05 Å². The number of sulfonamides is 1. The molecular weight excluding hydrogens is 282 g/mol. The highest BCUT2D eigenvalue weighted by Crippen LogP contribution is 2.21. The van der Waals surface area contributed by atoms with Crippen LogP contribution in [0.25, 0.3) is 0 Å². The number of nitrogens with one attached hydrogen (secondary N) is 2. The van der Waals surface area contributed by atoms with Crippen molar-refractivity contribution in [1.82, 2.24) is 9.71 Å². The quantitative estimate of drug-likeness (QED) is 0.888. The molecule has 2 N–H and O–H groups in total. The Morgan fingerprint density at radius 3 is 2.79 bits per heavy atom. The van der Waals surface area contributed by atoms with Crippen LogP contribution in [0.2, 0.25) is 0 Å². The molecule has 0 aromatic carbocycles. The Morgan fingerprint density at radius 1 is 1.37 bits per heavy atom. The minimum atomic E-state index is -3.54. The number of thiophene rings is 1. The fourth-order valence-electron chi connectivity index (χ4n) is 1.61. The molecule has 0 saturated carbocycles. The van der Waals surface area contributed by atoms with Crippen LogP contribution in [0.1, 0.15) is 17.8 Å². The second-order valence-corrected chi connectivity index (χ2v) is 6.68. The topological polar surface area (TPSA) is 71.1 Å². The van der Waals surface area contributed by atoms with Crippen molar-refractivity contribution < 1.29 is 8.42 Å². The molecule has 2 aromatic rings. The van der Waals surface area contributed by atoms with E-state index >= 15 is 0 Å². The molecule has 0 amide bonds. The third kappa shape index (κ3) is 3.31. The molecule has 19 heavy (non-hydrogen) atoms. The van der Waals surface area contributed by atoms with Crippen LogP contribution >= 0.6 is 11.3 Å². The summed E-state index contributed by atoms with van der Waals surface area (Å²) in [6, 6.07) is 6.53. The summed E-state index contributed by atoms with van der Waals surface area (Å²) in [7, 11) is -1.85. The fraction of sp³-hybridized carbons (Fsp3) is 0.250. The molecule has 2 rings (SSSR count). The van der Waals surface area contributed by atoms with Crippen molar-refractivity contribution in [1.29, 1.82) is 0 Å². The van der Waals surface area contributed by atoms with Crippen LogP contribution in [0.15, 0.2) is 40.7 Å². The lowest BCUT2D eigenvalue weighted by Gasteiger charge is -2.13. The van der Waals surface area contributed by atoms with Crippen LogP contribution in [0.3, 0.4) is 0 Å². The summed E-state index contributed by atoms with van der Waals surface area (Å²) < 4.78 is 27.1. The molecule has 0 radical (unpaired) electrons. The summed E-state index contributed by atoms with van der Waals surface area (Å²) in [5.41, 5.74) is 0. The monoisotopic (exact) mass is 297 g/mol. The van der Waals surface area contributed by atoms with Gasteiger partial charge in [0.15, 0.2) is 0 Å². The van der Waals surface area contributed by atoms with Gasteiger partial charge in [-0.05, 0) is 24.4 Å². The molecule has 7 heteroatoms. The molecule has 0 bridgehead atoms. The molecule has 0 fully saturated rings. The Bertz CT molecular complexity index is 639. The third-order valence-corrected chi connectivity index (χ3v) is 5.19. The van der Waals surface area contributed by atoms with Crippen LogP contribution < -0.4 is 10.0 Å². The molecule has 1 atom stereocenters. The van der Waals surface area contributed by atoms with E-state index in [4.69, 9.17) is 0 Å². The second kappa shape index (κ2) is 5.68. The minimum Gasteiger partial charge on any atom is -0.373 e. The van der Waals surface area contributed by atoms with Crippen LogP contribution in [0, 0.1) is 0 Å². The zero-order chi connectivity index (χ0) is 13.9.